The molecule has 0 aromatic heterocycles. The molecule has 4 heteroatoms. The minimum atomic E-state index is -0.794. The van der Waals surface area contributed by atoms with Crippen molar-refractivity contribution in [2.45, 2.75) is 18.8 Å². The van der Waals surface area contributed by atoms with E-state index in [4.69, 9.17) is 4.74 Å². The highest BCUT2D eigenvalue weighted by Crippen LogP contribution is 2.23. The van der Waals surface area contributed by atoms with Gasteiger partial charge in [-0.15, -0.1) is 0 Å². The summed E-state index contributed by atoms with van der Waals surface area (Å²) in [7, 11) is 0. The lowest BCUT2D eigenvalue weighted by Gasteiger charge is -2.13. The van der Waals surface area contributed by atoms with Crippen LogP contribution in [0.5, 0.6) is 5.75 Å². The molecule has 2 aromatic rings. The third-order valence-electron chi connectivity index (χ3n) is 3.22. The van der Waals surface area contributed by atoms with E-state index in [1.54, 1.807) is 0 Å². The molecule has 0 aliphatic rings. The van der Waals surface area contributed by atoms with E-state index in [1.807, 2.05) is 54.6 Å². The maximum atomic E-state index is 11.4. The maximum Gasteiger partial charge on any atom is 0.310 e. The Hall–Kier alpha value is -1.81. The third kappa shape index (κ3) is 4.90. The monoisotopic (exact) mass is 348 g/mol. The highest BCUT2D eigenvalue weighted by Gasteiger charge is 2.19. The smallest absolute Gasteiger partial charge is 0.310 e. The molecule has 3 nitrogen and oxygen atoms in total. The van der Waals surface area contributed by atoms with Crippen molar-refractivity contribution in [2.24, 2.45) is 0 Å². The second-order valence-electron chi connectivity index (χ2n) is 4.75. The lowest BCUT2D eigenvalue weighted by Crippen LogP contribution is -2.13. The van der Waals surface area contributed by atoms with Crippen LogP contribution in [0.1, 0.15) is 24.3 Å². The fraction of sp³-hybridized carbons (Fsp3) is 0.235. The Morgan fingerprint density at radius 2 is 1.76 bits per heavy atom. The molecule has 0 amide bonds. The second kappa shape index (κ2) is 7.84. The second-order valence-corrected chi connectivity index (χ2v) is 5.66. The van der Waals surface area contributed by atoms with Crippen LogP contribution in [0.4, 0.5) is 0 Å². The molecular formula is C17H17BrO3. The lowest BCUT2D eigenvalue weighted by molar-refractivity contribution is -0.139. The van der Waals surface area contributed by atoms with Crippen LogP contribution in [0, 0.1) is 0 Å². The summed E-state index contributed by atoms with van der Waals surface area (Å²) in [6.45, 7) is 0.518. The molecule has 110 valence electrons. The van der Waals surface area contributed by atoms with Crippen LogP contribution in [0.25, 0.3) is 0 Å². The average Bonchev–Trinajstić information content (AvgIpc) is 2.49. The van der Waals surface area contributed by atoms with Crippen LogP contribution in [-0.2, 0) is 4.79 Å². The van der Waals surface area contributed by atoms with Crippen molar-refractivity contribution < 1.29 is 14.6 Å². The van der Waals surface area contributed by atoms with Crippen molar-refractivity contribution in [1.29, 1.82) is 0 Å². The zero-order valence-corrected chi connectivity index (χ0v) is 13.1. The Morgan fingerprint density at radius 3 is 2.38 bits per heavy atom. The molecule has 0 aliphatic carbocycles. The number of rotatable bonds is 7. The third-order valence-corrected chi connectivity index (χ3v) is 3.75. The number of hydrogen-bond donors (Lipinski definition) is 1. The molecule has 1 atom stereocenters. The van der Waals surface area contributed by atoms with Gasteiger partial charge in [0.2, 0.25) is 0 Å². The van der Waals surface area contributed by atoms with E-state index in [2.05, 4.69) is 15.9 Å². The zero-order valence-electron chi connectivity index (χ0n) is 11.5. The summed E-state index contributed by atoms with van der Waals surface area (Å²) < 4.78 is 6.54. The van der Waals surface area contributed by atoms with Crippen molar-refractivity contribution in [3.8, 4) is 5.75 Å². The quantitative estimate of drug-likeness (QED) is 0.750. The first-order chi connectivity index (χ1) is 10.2. The largest absolute Gasteiger partial charge is 0.494 e. The Bertz CT molecular complexity index is 566. The molecule has 0 fully saturated rings. The molecule has 0 saturated carbocycles. The first-order valence-electron chi connectivity index (χ1n) is 6.83. The molecule has 0 radical (unpaired) electrons. The topological polar surface area (TPSA) is 46.5 Å². The number of benzene rings is 2. The number of halogens is 1. The van der Waals surface area contributed by atoms with E-state index in [1.165, 1.54) is 0 Å². The number of carboxylic acids is 1. The fourth-order valence-corrected chi connectivity index (χ4v) is 2.39. The molecule has 2 rings (SSSR count). The van der Waals surface area contributed by atoms with Crippen LogP contribution in [0.3, 0.4) is 0 Å². The summed E-state index contributed by atoms with van der Waals surface area (Å²) in [5, 5.41) is 9.36. The molecular weight excluding hydrogens is 332 g/mol. The number of ether oxygens (including phenoxy) is 1. The predicted octanol–water partition coefficient (Wildman–Crippen LogP) is 4.48. The molecule has 1 N–H and O–H groups in total. The summed E-state index contributed by atoms with van der Waals surface area (Å²) >= 11 is 3.35. The van der Waals surface area contributed by atoms with E-state index in [9.17, 15) is 9.90 Å². The molecule has 0 heterocycles. The molecule has 0 spiro atoms. The lowest BCUT2D eigenvalue weighted by atomic mass is 9.94. The van der Waals surface area contributed by atoms with Gasteiger partial charge in [-0.25, -0.2) is 0 Å². The van der Waals surface area contributed by atoms with Gasteiger partial charge in [0.25, 0.3) is 0 Å². The Labute approximate surface area is 132 Å². The van der Waals surface area contributed by atoms with Gasteiger partial charge in [0, 0.05) is 4.47 Å². The van der Waals surface area contributed by atoms with Crippen molar-refractivity contribution in [2.75, 3.05) is 6.61 Å². The van der Waals surface area contributed by atoms with Crippen LogP contribution in [0.2, 0.25) is 0 Å². The van der Waals surface area contributed by atoms with Crippen LogP contribution >= 0.6 is 15.9 Å². The van der Waals surface area contributed by atoms with E-state index in [0.717, 1.165) is 15.8 Å². The van der Waals surface area contributed by atoms with Crippen molar-refractivity contribution in [1.82, 2.24) is 0 Å². The van der Waals surface area contributed by atoms with Gasteiger partial charge in [0.05, 0.1) is 12.5 Å². The van der Waals surface area contributed by atoms with Gasteiger partial charge < -0.3 is 9.84 Å². The van der Waals surface area contributed by atoms with Gasteiger partial charge in [-0.1, -0.05) is 46.3 Å². The van der Waals surface area contributed by atoms with Gasteiger partial charge in [-0.2, -0.15) is 0 Å². The number of carboxylic acid groups (broad SMARTS) is 1. The van der Waals surface area contributed by atoms with Gasteiger partial charge in [0.15, 0.2) is 0 Å². The summed E-state index contributed by atoms with van der Waals surface area (Å²) in [5.41, 5.74) is 0.824. The molecule has 2 aromatic carbocycles. The number of aliphatic carboxylic acids is 1. The van der Waals surface area contributed by atoms with E-state index in [0.29, 0.717) is 19.4 Å². The van der Waals surface area contributed by atoms with Crippen LogP contribution in [0.15, 0.2) is 59.1 Å². The minimum absolute atomic E-state index is 0.488. The molecule has 0 bridgehead atoms. The first kappa shape index (κ1) is 15.6. The highest BCUT2D eigenvalue weighted by molar-refractivity contribution is 9.10. The predicted molar refractivity (Wildman–Crippen MR) is 85.7 cm³/mol. The van der Waals surface area contributed by atoms with E-state index in [-0.39, 0.29) is 0 Å². The summed E-state index contributed by atoms with van der Waals surface area (Å²) in [4.78, 5) is 11.4. The number of para-hydroxylation sites is 1. The number of hydrogen-bond acceptors (Lipinski definition) is 2. The standard InChI is InChI=1S/C17H17BrO3/c18-14-10-8-13(9-11-14)16(17(19)20)7-4-12-21-15-5-2-1-3-6-15/h1-3,5-6,8-11,16H,4,7,12H2,(H,19,20). The molecule has 1 unspecified atom stereocenters. The van der Waals surface area contributed by atoms with Gasteiger partial charge in [-0.05, 0) is 42.7 Å². The Balaban J connectivity index is 1.86. The van der Waals surface area contributed by atoms with Crippen molar-refractivity contribution in [3.05, 3.63) is 64.6 Å². The Kier molecular flexibility index (Phi) is 5.81. The summed E-state index contributed by atoms with van der Waals surface area (Å²) in [5.74, 6) is -0.470. The Morgan fingerprint density at radius 1 is 1.10 bits per heavy atom. The average molecular weight is 349 g/mol. The highest BCUT2D eigenvalue weighted by atomic mass is 79.9. The SMILES string of the molecule is O=C(O)C(CCCOc1ccccc1)c1ccc(Br)cc1. The fourth-order valence-electron chi connectivity index (χ4n) is 2.12. The van der Waals surface area contributed by atoms with Crippen molar-refractivity contribution in [3.63, 3.8) is 0 Å². The summed E-state index contributed by atoms with van der Waals surface area (Å²) in [6.07, 6.45) is 1.26. The van der Waals surface area contributed by atoms with Gasteiger partial charge in [-0.3, -0.25) is 4.79 Å². The number of carbonyl (C=O) groups is 1. The van der Waals surface area contributed by atoms with E-state index < -0.39 is 11.9 Å². The molecule has 0 aliphatic heterocycles. The normalized spacial score (nSPS) is 11.9. The van der Waals surface area contributed by atoms with E-state index >= 15 is 0 Å². The van der Waals surface area contributed by atoms with Crippen molar-refractivity contribution >= 4 is 21.9 Å². The molecule has 21 heavy (non-hydrogen) atoms. The van der Waals surface area contributed by atoms with Gasteiger partial charge in [0.1, 0.15) is 5.75 Å². The molecule has 0 saturated heterocycles. The van der Waals surface area contributed by atoms with Crippen LogP contribution < -0.4 is 4.74 Å². The maximum absolute atomic E-state index is 11.4. The minimum Gasteiger partial charge on any atom is -0.494 e. The zero-order chi connectivity index (χ0) is 15.1. The van der Waals surface area contributed by atoms with Gasteiger partial charge >= 0.3 is 5.97 Å². The van der Waals surface area contributed by atoms with Crippen LogP contribution in [-0.4, -0.2) is 17.7 Å². The summed E-state index contributed by atoms with van der Waals surface area (Å²) in [6, 6.07) is 17.0. The first-order valence-corrected chi connectivity index (χ1v) is 7.62.